The number of aliphatic carboxylic acids is 1. The first-order chi connectivity index (χ1) is 16.9. The maximum absolute atomic E-state index is 12.9. The molecule has 0 bridgehead atoms. The zero-order valence-corrected chi connectivity index (χ0v) is 19.8. The van der Waals surface area contributed by atoms with E-state index >= 15 is 0 Å². The Morgan fingerprint density at radius 3 is 2.11 bits per heavy atom. The molecule has 5 rings (SSSR count). The van der Waals surface area contributed by atoms with E-state index in [0.29, 0.717) is 12.5 Å². The molecule has 184 valence electrons. The maximum Gasteiger partial charge on any atom is 0.407 e. The smallest absolute Gasteiger partial charge is 0.407 e. The van der Waals surface area contributed by atoms with Crippen LogP contribution in [0.1, 0.15) is 55.6 Å². The van der Waals surface area contributed by atoms with Crippen LogP contribution in [0.4, 0.5) is 4.79 Å². The number of carboxylic acids is 1. The van der Waals surface area contributed by atoms with Crippen LogP contribution in [0.25, 0.3) is 11.1 Å². The molecule has 2 aromatic rings. The predicted molar refractivity (Wildman–Crippen MR) is 131 cm³/mol. The standard InChI is InChI=1S/C28H32N2O5/c31-25(32)14-18-12-19(13-18)15-29-26(33)28(10-5-11-28)17-30-27(34)35-16-24-22-8-3-1-6-20(22)21-7-2-4-9-23(21)24/h1-4,6-9,18-19,24H,5,10-17H2,(H,29,33)(H,30,34)(H,31,32). The Balaban J connectivity index is 1.10. The lowest BCUT2D eigenvalue weighted by molar-refractivity contribution is -0.140. The molecule has 0 unspecified atom stereocenters. The molecular weight excluding hydrogens is 444 g/mol. The third kappa shape index (κ3) is 4.77. The van der Waals surface area contributed by atoms with E-state index in [4.69, 9.17) is 9.84 Å². The van der Waals surface area contributed by atoms with Gasteiger partial charge >= 0.3 is 12.1 Å². The summed E-state index contributed by atoms with van der Waals surface area (Å²) in [6.45, 7) is 1.09. The lowest BCUT2D eigenvalue weighted by atomic mass is 9.67. The van der Waals surface area contributed by atoms with Crippen molar-refractivity contribution in [2.75, 3.05) is 19.7 Å². The monoisotopic (exact) mass is 476 g/mol. The second-order valence-corrected chi connectivity index (χ2v) is 10.3. The fourth-order valence-electron chi connectivity index (χ4n) is 5.86. The number of hydrogen-bond donors (Lipinski definition) is 3. The van der Waals surface area contributed by atoms with Gasteiger partial charge in [-0.05, 0) is 59.8 Å². The van der Waals surface area contributed by atoms with E-state index in [-0.39, 0.29) is 37.3 Å². The molecule has 35 heavy (non-hydrogen) atoms. The van der Waals surface area contributed by atoms with Crippen LogP contribution >= 0.6 is 0 Å². The molecule has 7 nitrogen and oxygen atoms in total. The van der Waals surface area contributed by atoms with Crippen LogP contribution in [0.5, 0.6) is 0 Å². The summed E-state index contributed by atoms with van der Waals surface area (Å²) in [7, 11) is 0. The van der Waals surface area contributed by atoms with Crippen LogP contribution in [-0.2, 0) is 14.3 Å². The first kappa shape index (κ1) is 23.4. The molecule has 7 heteroatoms. The van der Waals surface area contributed by atoms with Crippen LogP contribution < -0.4 is 10.6 Å². The summed E-state index contributed by atoms with van der Waals surface area (Å²) < 4.78 is 5.62. The third-order valence-corrected chi connectivity index (χ3v) is 8.06. The van der Waals surface area contributed by atoms with Crippen molar-refractivity contribution in [2.45, 2.75) is 44.4 Å². The van der Waals surface area contributed by atoms with Gasteiger partial charge in [0.1, 0.15) is 6.61 Å². The molecule has 2 fully saturated rings. The van der Waals surface area contributed by atoms with E-state index in [2.05, 4.69) is 34.9 Å². The van der Waals surface area contributed by atoms with Gasteiger partial charge in [0.05, 0.1) is 5.41 Å². The van der Waals surface area contributed by atoms with E-state index in [1.165, 1.54) is 11.1 Å². The van der Waals surface area contributed by atoms with Gasteiger partial charge in [0, 0.05) is 25.4 Å². The number of ether oxygens (including phenoxy) is 1. The highest BCUT2D eigenvalue weighted by atomic mass is 16.5. The summed E-state index contributed by atoms with van der Waals surface area (Å²) in [5.41, 5.74) is 4.12. The molecule has 2 aromatic carbocycles. The van der Waals surface area contributed by atoms with Gasteiger partial charge in [0.2, 0.25) is 5.91 Å². The fraction of sp³-hybridized carbons (Fsp3) is 0.464. The van der Waals surface area contributed by atoms with Gasteiger partial charge in [-0.15, -0.1) is 0 Å². The molecule has 0 spiro atoms. The van der Waals surface area contributed by atoms with Crippen LogP contribution in [-0.4, -0.2) is 42.8 Å². The second kappa shape index (κ2) is 9.72. The minimum absolute atomic E-state index is 0.00143. The maximum atomic E-state index is 12.9. The van der Waals surface area contributed by atoms with Crippen molar-refractivity contribution in [2.24, 2.45) is 17.3 Å². The fourth-order valence-corrected chi connectivity index (χ4v) is 5.86. The Hall–Kier alpha value is -3.35. The van der Waals surface area contributed by atoms with Gasteiger partial charge in [-0.25, -0.2) is 4.79 Å². The number of hydrogen-bond acceptors (Lipinski definition) is 4. The number of fused-ring (bicyclic) bond motifs is 3. The topological polar surface area (TPSA) is 105 Å². The van der Waals surface area contributed by atoms with Gasteiger partial charge in [-0.1, -0.05) is 55.0 Å². The van der Waals surface area contributed by atoms with Gasteiger partial charge in [0.25, 0.3) is 0 Å². The minimum Gasteiger partial charge on any atom is -0.481 e. The van der Waals surface area contributed by atoms with Gasteiger partial charge in [0.15, 0.2) is 0 Å². The first-order valence-electron chi connectivity index (χ1n) is 12.5. The lowest BCUT2D eigenvalue weighted by Crippen LogP contribution is -2.53. The number of rotatable bonds is 9. The third-order valence-electron chi connectivity index (χ3n) is 8.06. The van der Waals surface area contributed by atoms with E-state index in [0.717, 1.165) is 43.2 Å². The number of carbonyl (C=O) groups excluding carboxylic acids is 2. The van der Waals surface area contributed by atoms with Crippen LogP contribution in [0, 0.1) is 17.3 Å². The Labute approximate surface area is 205 Å². The van der Waals surface area contributed by atoms with E-state index in [1.54, 1.807) is 0 Å². The Morgan fingerprint density at radius 2 is 1.54 bits per heavy atom. The minimum atomic E-state index is -0.759. The second-order valence-electron chi connectivity index (χ2n) is 10.3. The summed E-state index contributed by atoms with van der Waals surface area (Å²) in [5.74, 6) is -0.214. The quantitative estimate of drug-likeness (QED) is 0.500. The van der Waals surface area contributed by atoms with E-state index < -0.39 is 17.5 Å². The molecule has 0 atom stereocenters. The Kier molecular flexibility index (Phi) is 6.50. The molecule has 0 aliphatic heterocycles. The molecule has 0 saturated heterocycles. The first-order valence-corrected chi connectivity index (χ1v) is 12.5. The molecule has 0 aromatic heterocycles. The van der Waals surface area contributed by atoms with Gasteiger partial charge in [-0.2, -0.15) is 0 Å². The average molecular weight is 477 g/mol. The molecule has 3 N–H and O–H groups in total. The van der Waals surface area contributed by atoms with Crippen LogP contribution in [0.3, 0.4) is 0 Å². The van der Waals surface area contributed by atoms with Crippen LogP contribution in [0.15, 0.2) is 48.5 Å². The number of carbonyl (C=O) groups is 3. The molecule has 0 heterocycles. The van der Waals surface area contributed by atoms with Crippen LogP contribution in [0.2, 0.25) is 0 Å². The number of benzene rings is 2. The summed E-state index contributed by atoms with van der Waals surface area (Å²) in [5, 5.41) is 14.8. The van der Waals surface area contributed by atoms with Crippen molar-refractivity contribution in [1.82, 2.24) is 10.6 Å². The van der Waals surface area contributed by atoms with Gasteiger partial charge < -0.3 is 20.5 Å². The van der Waals surface area contributed by atoms with Crippen molar-refractivity contribution >= 4 is 18.0 Å². The molecule has 0 radical (unpaired) electrons. The van der Waals surface area contributed by atoms with Crippen molar-refractivity contribution in [1.29, 1.82) is 0 Å². The van der Waals surface area contributed by atoms with Crippen molar-refractivity contribution in [3.05, 3.63) is 59.7 Å². The lowest BCUT2D eigenvalue weighted by Gasteiger charge is -2.41. The summed E-state index contributed by atoms with van der Waals surface area (Å²) >= 11 is 0. The van der Waals surface area contributed by atoms with E-state index in [1.807, 2.05) is 24.3 Å². The highest BCUT2D eigenvalue weighted by Crippen LogP contribution is 2.45. The molecular formula is C28H32N2O5. The molecule has 2 amide bonds. The molecule has 3 aliphatic carbocycles. The zero-order chi connectivity index (χ0) is 24.4. The summed E-state index contributed by atoms with van der Waals surface area (Å²) in [6, 6.07) is 16.4. The van der Waals surface area contributed by atoms with E-state index in [9.17, 15) is 14.4 Å². The van der Waals surface area contributed by atoms with Crippen molar-refractivity contribution in [3.63, 3.8) is 0 Å². The number of alkyl carbamates (subject to hydrolysis) is 1. The molecule has 2 saturated carbocycles. The van der Waals surface area contributed by atoms with Gasteiger partial charge in [-0.3, -0.25) is 9.59 Å². The normalized spacial score (nSPS) is 21.6. The van der Waals surface area contributed by atoms with Crippen molar-refractivity contribution < 1.29 is 24.2 Å². The zero-order valence-electron chi connectivity index (χ0n) is 19.8. The number of carboxylic acid groups (broad SMARTS) is 1. The van der Waals surface area contributed by atoms with Crippen molar-refractivity contribution in [3.8, 4) is 11.1 Å². The highest BCUT2D eigenvalue weighted by Gasteiger charge is 2.45. The number of nitrogens with one attached hydrogen (secondary N) is 2. The SMILES string of the molecule is O=C(O)CC1CC(CNC(=O)C2(CNC(=O)OCC3c4ccccc4-c4ccccc43)CCC2)C1. The Morgan fingerprint density at radius 1 is 0.914 bits per heavy atom. The molecule has 3 aliphatic rings. The largest absolute Gasteiger partial charge is 0.481 e. The predicted octanol–water partition coefficient (Wildman–Crippen LogP) is 4.31. The highest BCUT2D eigenvalue weighted by molar-refractivity contribution is 5.84. The Bertz CT molecular complexity index is 1070. The average Bonchev–Trinajstić information content (AvgIpc) is 3.12. The summed E-state index contributed by atoms with van der Waals surface area (Å²) in [6.07, 6.45) is 3.85. The number of amides is 2. The summed E-state index contributed by atoms with van der Waals surface area (Å²) in [4.78, 5) is 36.3.